The fourth-order valence-electron chi connectivity index (χ4n) is 2.79. The van der Waals surface area contributed by atoms with E-state index in [0.717, 1.165) is 16.8 Å². The molecule has 0 spiro atoms. The van der Waals surface area contributed by atoms with E-state index in [1.807, 2.05) is 24.3 Å². The molecule has 0 amide bonds. The molecule has 0 radical (unpaired) electrons. The average molecular weight is 292 g/mol. The van der Waals surface area contributed by atoms with Gasteiger partial charge >= 0.3 is 0 Å². The molecular weight excluding hydrogens is 272 g/mol. The van der Waals surface area contributed by atoms with Crippen LogP contribution in [0.3, 0.4) is 0 Å². The molecule has 3 heteroatoms. The molecule has 0 N–H and O–H groups in total. The van der Waals surface area contributed by atoms with E-state index >= 15 is 0 Å². The molecule has 1 aromatic heterocycles. The zero-order chi connectivity index (χ0) is 15.5. The Bertz CT molecular complexity index is 748. The van der Waals surface area contributed by atoms with Crippen LogP contribution in [0.5, 0.6) is 5.88 Å². The normalized spacial score (nSPS) is 12.1. The van der Waals surface area contributed by atoms with Crippen molar-refractivity contribution in [2.75, 3.05) is 7.11 Å². The maximum absolute atomic E-state index is 5.44. The van der Waals surface area contributed by atoms with Gasteiger partial charge in [0.25, 0.3) is 0 Å². The highest BCUT2D eigenvalue weighted by Crippen LogP contribution is 2.33. The summed E-state index contributed by atoms with van der Waals surface area (Å²) >= 11 is 0. The Hall–Kier alpha value is -2.55. The van der Waals surface area contributed by atoms with E-state index in [1.165, 1.54) is 5.56 Å². The lowest BCUT2D eigenvalue weighted by molar-refractivity contribution is 0.383. The molecule has 2 aromatic carbocycles. The van der Waals surface area contributed by atoms with Gasteiger partial charge in [-0.25, -0.2) is 0 Å². The molecule has 112 valence electrons. The maximum atomic E-state index is 5.44. The summed E-state index contributed by atoms with van der Waals surface area (Å²) in [6.45, 7) is 4.22. The molecule has 22 heavy (non-hydrogen) atoms. The van der Waals surface area contributed by atoms with Gasteiger partial charge in [0, 0.05) is 11.1 Å². The van der Waals surface area contributed by atoms with Gasteiger partial charge in [0.05, 0.1) is 18.8 Å². The topological polar surface area (TPSA) is 27.1 Å². The molecule has 1 atom stereocenters. The predicted octanol–water partition coefficient (Wildman–Crippen LogP) is 4.48. The number of rotatable bonds is 4. The van der Waals surface area contributed by atoms with Gasteiger partial charge in [-0.05, 0) is 19.4 Å². The van der Waals surface area contributed by atoms with Gasteiger partial charge < -0.3 is 4.74 Å². The number of methoxy groups -OCH3 is 1. The monoisotopic (exact) mass is 292 g/mol. The fourth-order valence-corrected chi connectivity index (χ4v) is 2.79. The van der Waals surface area contributed by atoms with Crippen LogP contribution in [-0.4, -0.2) is 16.9 Å². The Morgan fingerprint density at radius 2 is 1.55 bits per heavy atom. The summed E-state index contributed by atoms with van der Waals surface area (Å²) in [6.07, 6.45) is 0. The molecule has 3 aromatic rings. The Kier molecular flexibility index (Phi) is 3.96. The summed E-state index contributed by atoms with van der Waals surface area (Å²) in [5.41, 5.74) is 4.55. The Morgan fingerprint density at radius 3 is 2.14 bits per heavy atom. The van der Waals surface area contributed by atoms with Crippen molar-refractivity contribution in [2.24, 2.45) is 0 Å². The molecule has 0 bridgehead atoms. The zero-order valence-electron chi connectivity index (χ0n) is 13.2. The van der Waals surface area contributed by atoms with Crippen molar-refractivity contribution in [3.05, 3.63) is 71.8 Å². The highest BCUT2D eigenvalue weighted by Gasteiger charge is 2.20. The van der Waals surface area contributed by atoms with Gasteiger partial charge in [-0.1, -0.05) is 60.7 Å². The number of hydrogen-bond acceptors (Lipinski definition) is 2. The lowest BCUT2D eigenvalue weighted by Crippen LogP contribution is -2.10. The van der Waals surface area contributed by atoms with Crippen molar-refractivity contribution in [1.29, 1.82) is 0 Å². The molecule has 0 saturated carbocycles. The summed E-state index contributed by atoms with van der Waals surface area (Å²) in [5, 5.41) is 4.68. The number of ether oxygens (including phenoxy) is 1. The SMILES string of the molecule is COc1nn(C(C)c2ccccc2)c(-c2ccccc2)c1C. The first-order valence-corrected chi connectivity index (χ1v) is 7.46. The standard InChI is InChI=1S/C19H20N2O/c1-14-18(17-12-8-5-9-13-17)21(20-19(14)22-3)15(2)16-10-6-4-7-11-16/h4-13,15H,1-3H3. The van der Waals surface area contributed by atoms with Crippen molar-refractivity contribution in [1.82, 2.24) is 9.78 Å². The number of aromatic nitrogens is 2. The zero-order valence-corrected chi connectivity index (χ0v) is 13.2. The molecule has 0 aliphatic heterocycles. The summed E-state index contributed by atoms with van der Waals surface area (Å²) in [6, 6.07) is 20.9. The first-order chi connectivity index (χ1) is 10.7. The molecule has 0 saturated heterocycles. The highest BCUT2D eigenvalue weighted by molar-refractivity contribution is 5.66. The average Bonchev–Trinajstić information content (AvgIpc) is 2.92. The Labute approximate surface area is 131 Å². The summed E-state index contributed by atoms with van der Waals surface area (Å²) in [4.78, 5) is 0. The van der Waals surface area contributed by atoms with E-state index in [9.17, 15) is 0 Å². The van der Waals surface area contributed by atoms with Crippen molar-refractivity contribution in [3.8, 4) is 17.1 Å². The fraction of sp³-hybridized carbons (Fsp3) is 0.211. The van der Waals surface area contributed by atoms with Gasteiger partial charge in [-0.2, -0.15) is 0 Å². The minimum absolute atomic E-state index is 0.138. The minimum Gasteiger partial charge on any atom is -0.480 e. The third-order valence-corrected chi connectivity index (χ3v) is 3.99. The minimum atomic E-state index is 0.138. The summed E-state index contributed by atoms with van der Waals surface area (Å²) < 4.78 is 7.50. The quantitative estimate of drug-likeness (QED) is 0.709. The lowest BCUT2D eigenvalue weighted by Gasteiger charge is -2.16. The molecule has 0 aliphatic rings. The smallest absolute Gasteiger partial charge is 0.236 e. The van der Waals surface area contributed by atoms with Crippen LogP contribution in [0.2, 0.25) is 0 Å². The second-order valence-corrected chi connectivity index (χ2v) is 5.38. The van der Waals surface area contributed by atoms with Crippen LogP contribution < -0.4 is 4.74 Å². The molecule has 3 rings (SSSR count). The number of nitrogens with zero attached hydrogens (tertiary/aromatic N) is 2. The largest absolute Gasteiger partial charge is 0.480 e. The van der Waals surface area contributed by atoms with Gasteiger partial charge in [0.1, 0.15) is 0 Å². The maximum Gasteiger partial charge on any atom is 0.236 e. The number of benzene rings is 2. The molecule has 0 fully saturated rings. The van der Waals surface area contributed by atoms with Gasteiger partial charge in [-0.3, -0.25) is 4.68 Å². The first kappa shape index (κ1) is 14.4. The predicted molar refractivity (Wildman–Crippen MR) is 89.2 cm³/mol. The van der Waals surface area contributed by atoms with E-state index in [1.54, 1.807) is 7.11 Å². The lowest BCUT2D eigenvalue weighted by atomic mass is 10.1. The van der Waals surface area contributed by atoms with E-state index < -0.39 is 0 Å². The third-order valence-electron chi connectivity index (χ3n) is 3.99. The van der Waals surface area contributed by atoms with E-state index in [2.05, 4.69) is 60.0 Å². The third kappa shape index (κ3) is 2.50. The molecule has 1 unspecified atom stereocenters. The van der Waals surface area contributed by atoms with Crippen molar-refractivity contribution in [3.63, 3.8) is 0 Å². The van der Waals surface area contributed by atoms with Gasteiger partial charge in [-0.15, -0.1) is 5.10 Å². The van der Waals surface area contributed by atoms with Crippen LogP contribution in [0.15, 0.2) is 60.7 Å². The summed E-state index contributed by atoms with van der Waals surface area (Å²) in [7, 11) is 1.67. The first-order valence-electron chi connectivity index (χ1n) is 7.46. The second-order valence-electron chi connectivity index (χ2n) is 5.38. The van der Waals surface area contributed by atoms with Gasteiger partial charge in [0.15, 0.2) is 0 Å². The van der Waals surface area contributed by atoms with Crippen LogP contribution >= 0.6 is 0 Å². The molecule has 0 aliphatic carbocycles. The molecular formula is C19H20N2O. The van der Waals surface area contributed by atoms with Crippen LogP contribution in [0.25, 0.3) is 11.3 Å². The van der Waals surface area contributed by atoms with Crippen LogP contribution in [0.4, 0.5) is 0 Å². The molecule has 3 nitrogen and oxygen atoms in total. The van der Waals surface area contributed by atoms with E-state index in [4.69, 9.17) is 4.74 Å². The van der Waals surface area contributed by atoms with E-state index in [-0.39, 0.29) is 6.04 Å². The van der Waals surface area contributed by atoms with Crippen LogP contribution in [0, 0.1) is 6.92 Å². The summed E-state index contributed by atoms with van der Waals surface area (Å²) in [5.74, 6) is 0.682. The Balaban J connectivity index is 2.15. The highest BCUT2D eigenvalue weighted by atomic mass is 16.5. The van der Waals surface area contributed by atoms with Crippen molar-refractivity contribution < 1.29 is 4.74 Å². The number of hydrogen-bond donors (Lipinski definition) is 0. The Morgan fingerprint density at radius 1 is 0.955 bits per heavy atom. The van der Waals surface area contributed by atoms with E-state index in [0.29, 0.717) is 5.88 Å². The van der Waals surface area contributed by atoms with Crippen LogP contribution in [-0.2, 0) is 0 Å². The van der Waals surface area contributed by atoms with Crippen LogP contribution in [0.1, 0.15) is 24.1 Å². The molecule has 1 heterocycles. The van der Waals surface area contributed by atoms with Crippen molar-refractivity contribution >= 4 is 0 Å². The van der Waals surface area contributed by atoms with Gasteiger partial charge in [0.2, 0.25) is 5.88 Å². The second kappa shape index (κ2) is 6.06. The van der Waals surface area contributed by atoms with Crippen molar-refractivity contribution in [2.45, 2.75) is 19.9 Å².